The van der Waals surface area contributed by atoms with E-state index in [4.69, 9.17) is 5.53 Å². The number of carbonyl (C=O) groups excluding carboxylic acids is 1. The van der Waals surface area contributed by atoms with Crippen LogP contribution < -0.4 is 5.32 Å². The molecule has 1 aliphatic heterocycles. The van der Waals surface area contributed by atoms with Crippen molar-refractivity contribution in [2.24, 2.45) is 10.5 Å². The summed E-state index contributed by atoms with van der Waals surface area (Å²) in [5, 5.41) is 6.26. The smallest absolute Gasteiger partial charge is 0.229 e. The van der Waals surface area contributed by atoms with Gasteiger partial charge in [0.2, 0.25) is 5.91 Å². The first-order valence-electron chi connectivity index (χ1n) is 4.29. The first-order valence-corrected chi connectivity index (χ1v) is 4.29. The summed E-state index contributed by atoms with van der Waals surface area (Å²) in [4.78, 5) is 13.9. The Hall–Kier alpha value is -1.22. The molecule has 1 heterocycles. The lowest BCUT2D eigenvalue weighted by Crippen LogP contribution is -2.36. The first kappa shape index (κ1) is 9.86. The van der Waals surface area contributed by atoms with E-state index >= 15 is 0 Å². The first-order chi connectivity index (χ1) is 5.95. The Kier molecular flexibility index (Phi) is 2.48. The lowest BCUT2D eigenvalue weighted by Gasteiger charge is -2.26. The summed E-state index contributed by atoms with van der Waals surface area (Å²) in [6.07, 6.45) is 0.604. The van der Waals surface area contributed by atoms with Crippen LogP contribution in [0.1, 0.15) is 27.2 Å². The maximum atomic E-state index is 11.2. The van der Waals surface area contributed by atoms with E-state index in [1.807, 2.05) is 0 Å². The zero-order valence-corrected chi connectivity index (χ0v) is 8.11. The van der Waals surface area contributed by atoms with Gasteiger partial charge >= 0.3 is 0 Å². The Bertz CT molecular complexity index is 262. The van der Waals surface area contributed by atoms with Gasteiger partial charge < -0.3 is 5.32 Å². The van der Waals surface area contributed by atoms with E-state index in [1.54, 1.807) is 0 Å². The van der Waals surface area contributed by atoms with Crippen molar-refractivity contribution in [1.82, 2.24) is 5.32 Å². The van der Waals surface area contributed by atoms with Crippen molar-refractivity contribution in [2.45, 2.75) is 39.3 Å². The minimum Gasteiger partial charge on any atom is -0.352 e. The Morgan fingerprint density at radius 3 is 2.62 bits per heavy atom. The number of hydrogen-bond donors (Lipinski definition) is 1. The van der Waals surface area contributed by atoms with Crippen LogP contribution in [-0.2, 0) is 4.79 Å². The molecule has 72 valence electrons. The molecular formula is C8H14N4O. The van der Waals surface area contributed by atoms with Crippen molar-refractivity contribution in [3.8, 4) is 0 Å². The lowest BCUT2D eigenvalue weighted by atomic mass is 9.85. The van der Waals surface area contributed by atoms with Crippen LogP contribution in [-0.4, -0.2) is 18.0 Å². The summed E-state index contributed by atoms with van der Waals surface area (Å²) in [6.45, 7) is 6.16. The average molecular weight is 182 g/mol. The Labute approximate surface area is 77.1 Å². The van der Waals surface area contributed by atoms with Crippen molar-refractivity contribution < 1.29 is 4.79 Å². The van der Waals surface area contributed by atoms with Gasteiger partial charge in [0, 0.05) is 11.0 Å². The highest BCUT2D eigenvalue weighted by Gasteiger charge is 2.37. The molecule has 0 spiro atoms. The highest BCUT2D eigenvalue weighted by molar-refractivity contribution is 5.84. The van der Waals surface area contributed by atoms with Gasteiger partial charge in [-0.15, -0.1) is 0 Å². The van der Waals surface area contributed by atoms with Crippen LogP contribution >= 0.6 is 0 Å². The van der Waals surface area contributed by atoms with Crippen LogP contribution in [0.2, 0.25) is 0 Å². The van der Waals surface area contributed by atoms with Gasteiger partial charge in [-0.1, -0.05) is 25.9 Å². The van der Waals surface area contributed by atoms with Crippen LogP contribution in [0.5, 0.6) is 0 Å². The largest absolute Gasteiger partial charge is 0.352 e. The highest BCUT2D eigenvalue weighted by atomic mass is 16.2. The molecule has 1 aliphatic rings. The monoisotopic (exact) mass is 182 g/mol. The van der Waals surface area contributed by atoms with Gasteiger partial charge in [-0.05, 0) is 17.4 Å². The third-order valence-electron chi connectivity index (χ3n) is 2.31. The zero-order valence-electron chi connectivity index (χ0n) is 8.11. The lowest BCUT2D eigenvalue weighted by molar-refractivity contribution is -0.120. The quantitative estimate of drug-likeness (QED) is 0.373. The van der Waals surface area contributed by atoms with Gasteiger partial charge in [0.1, 0.15) is 6.04 Å². The Morgan fingerprint density at radius 2 is 2.23 bits per heavy atom. The molecule has 1 rings (SSSR count). The molecule has 5 nitrogen and oxygen atoms in total. The molecule has 0 aromatic carbocycles. The molecule has 0 saturated carbocycles. The number of azide groups is 1. The van der Waals surface area contributed by atoms with Crippen LogP contribution in [0, 0.1) is 5.41 Å². The van der Waals surface area contributed by atoms with E-state index in [-0.39, 0.29) is 17.4 Å². The molecule has 5 heteroatoms. The van der Waals surface area contributed by atoms with Crippen molar-refractivity contribution in [3.05, 3.63) is 10.4 Å². The summed E-state index contributed by atoms with van der Waals surface area (Å²) in [6, 6.07) is -0.412. The molecule has 13 heavy (non-hydrogen) atoms. The van der Waals surface area contributed by atoms with Crippen LogP contribution in [0.4, 0.5) is 0 Å². The second-order valence-electron chi connectivity index (χ2n) is 4.38. The zero-order chi connectivity index (χ0) is 10.1. The number of nitrogens with zero attached hydrogens (tertiary/aromatic N) is 3. The molecule has 0 radical (unpaired) electrons. The molecule has 1 amide bonds. The molecule has 1 N–H and O–H groups in total. The van der Waals surface area contributed by atoms with Gasteiger partial charge in [0.05, 0.1) is 0 Å². The van der Waals surface area contributed by atoms with Gasteiger partial charge in [0.25, 0.3) is 0 Å². The van der Waals surface area contributed by atoms with E-state index in [0.29, 0.717) is 6.42 Å². The molecule has 1 saturated heterocycles. The third kappa shape index (κ3) is 2.12. The van der Waals surface area contributed by atoms with Gasteiger partial charge in [-0.3, -0.25) is 4.79 Å². The summed E-state index contributed by atoms with van der Waals surface area (Å²) < 4.78 is 0. The number of rotatable bonds is 1. The predicted molar refractivity (Wildman–Crippen MR) is 48.9 cm³/mol. The molecular weight excluding hydrogens is 168 g/mol. The van der Waals surface area contributed by atoms with Crippen LogP contribution in [0.3, 0.4) is 0 Å². The van der Waals surface area contributed by atoms with Crippen LogP contribution in [0.15, 0.2) is 5.11 Å². The molecule has 2 atom stereocenters. The summed E-state index contributed by atoms with van der Waals surface area (Å²) >= 11 is 0. The molecule has 0 aromatic rings. The molecule has 0 bridgehead atoms. The highest BCUT2D eigenvalue weighted by Crippen LogP contribution is 2.27. The van der Waals surface area contributed by atoms with Crippen molar-refractivity contribution in [3.63, 3.8) is 0 Å². The fraction of sp³-hybridized carbons (Fsp3) is 0.875. The molecule has 2 unspecified atom stereocenters. The standard InChI is InChI=1S/C8H14N4O/c1-8(2,3)6-4-5(11-12-9)7(13)10-6/h5-6H,4H2,1-3H3,(H,10,13). The normalized spacial score (nSPS) is 28.1. The number of carbonyl (C=O) groups is 1. The number of amides is 1. The topological polar surface area (TPSA) is 77.9 Å². The average Bonchev–Trinajstić information content (AvgIpc) is 2.32. The Balaban J connectivity index is 2.71. The fourth-order valence-electron chi connectivity index (χ4n) is 1.39. The SMILES string of the molecule is CC(C)(C)C1CC(N=[N+]=[N-])C(=O)N1. The van der Waals surface area contributed by atoms with E-state index in [9.17, 15) is 4.79 Å². The summed E-state index contributed by atoms with van der Waals surface area (Å²) in [5.41, 5.74) is 8.24. The summed E-state index contributed by atoms with van der Waals surface area (Å²) in [7, 11) is 0. The molecule has 1 fully saturated rings. The Morgan fingerprint density at radius 1 is 1.62 bits per heavy atom. The molecule has 0 aromatic heterocycles. The number of nitrogens with one attached hydrogen (secondary N) is 1. The van der Waals surface area contributed by atoms with Crippen molar-refractivity contribution in [1.29, 1.82) is 0 Å². The fourth-order valence-corrected chi connectivity index (χ4v) is 1.39. The van der Waals surface area contributed by atoms with Crippen molar-refractivity contribution >= 4 is 5.91 Å². The third-order valence-corrected chi connectivity index (χ3v) is 2.31. The van der Waals surface area contributed by atoms with E-state index < -0.39 is 6.04 Å². The minimum absolute atomic E-state index is 0.0232. The van der Waals surface area contributed by atoms with Gasteiger partial charge in [-0.25, -0.2) is 0 Å². The van der Waals surface area contributed by atoms with E-state index in [0.717, 1.165) is 0 Å². The van der Waals surface area contributed by atoms with Crippen LogP contribution in [0.25, 0.3) is 10.4 Å². The maximum absolute atomic E-state index is 11.2. The van der Waals surface area contributed by atoms with Crippen molar-refractivity contribution in [2.75, 3.05) is 0 Å². The van der Waals surface area contributed by atoms with E-state index in [1.165, 1.54) is 0 Å². The maximum Gasteiger partial charge on any atom is 0.229 e. The van der Waals surface area contributed by atoms with Gasteiger partial charge in [0.15, 0.2) is 0 Å². The molecule has 0 aliphatic carbocycles. The number of hydrogen-bond acceptors (Lipinski definition) is 2. The second-order valence-corrected chi connectivity index (χ2v) is 4.38. The summed E-state index contributed by atoms with van der Waals surface area (Å²) in [5.74, 6) is -0.155. The predicted octanol–water partition coefficient (Wildman–Crippen LogP) is 1.60. The minimum atomic E-state index is -0.519. The van der Waals surface area contributed by atoms with E-state index in [2.05, 4.69) is 36.1 Å². The second kappa shape index (κ2) is 3.26. The van der Waals surface area contributed by atoms with Gasteiger partial charge in [-0.2, -0.15) is 0 Å².